The zero-order valence-corrected chi connectivity index (χ0v) is 9.08. The molecule has 0 unspecified atom stereocenters. The molecule has 2 aromatic heterocycles. The molecule has 0 radical (unpaired) electrons. The molecule has 0 bridgehead atoms. The van der Waals surface area contributed by atoms with Gasteiger partial charge in [0.05, 0.1) is 27.5 Å². The van der Waals surface area contributed by atoms with Gasteiger partial charge in [0.2, 0.25) is 0 Å². The van der Waals surface area contributed by atoms with Crippen molar-refractivity contribution in [1.29, 1.82) is 0 Å². The molecule has 18 heavy (non-hydrogen) atoms. The second kappa shape index (κ2) is 3.63. The molecule has 0 saturated heterocycles. The van der Waals surface area contributed by atoms with E-state index in [2.05, 4.69) is 9.97 Å². The van der Waals surface area contributed by atoms with E-state index >= 15 is 0 Å². The first kappa shape index (κ1) is 10.4. The van der Waals surface area contributed by atoms with Crippen molar-refractivity contribution in [3.63, 3.8) is 0 Å². The number of pyridine rings is 2. The van der Waals surface area contributed by atoms with Crippen LogP contribution in [-0.2, 0) is 0 Å². The van der Waals surface area contributed by atoms with Gasteiger partial charge in [-0.1, -0.05) is 12.1 Å². The lowest BCUT2D eigenvalue weighted by Gasteiger charge is -2.01. The highest BCUT2D eigenvalue weighted by atomic mass is 16.6. The Kier molecular flexibility index (Phi) is 2.09. The summed E-state index contributed by atoms with van der Waals surface area (Å²) in [4.78, 5) is 28.9. The van der Waals surface area contributed by atoms with Gasteiger partial charge in [-0.25, -0.2) is 0 Å². The lowest BCUT2D eigenvalue weighted by molar-refractivity contribution is -0.386. The Hall–Kier alpha value is -2.76. The minimum atomic E-state index is -0.694. The molecule has 0 aliphatic heterocycles. The van der Waals surface area contributed by atoms with Gasteiger partial charge in [0.25, 0.3) is 5.43 Å². The van der Waals surface area contributed by atoms with Crippen molar-refractivity contribution in [2.45, 2.75) is 0 Å². The summed E-state index contributed by atoms with van der Waals surface area (Å²) in [6, 6.07) is 6.95. The van der Waals surface area contributed by atoms with E-state index < -0.39 is 16.0 Å². The first-order valence-corrected chi connectivity index (χ1v) is 5.22. The lowest BCUT2D eigenvalue weighted by atomic mass is 10.1. The van der Waals surface area contributed by atoms with Crippen molar-refractivity contribution in [3.8, 4) is 0 Å². The molecule has 1 aromatic carbocycles. The molecule has 6 nitrogen and oxygen atoms in total. The molecular formula is C12H7N3O3. The number of hydrogen-bond donors (Lipinski definition) is 1. The Morgan fingerprint density at radius 1 is 1.28 bits per heavy atom. The van der Waals surface area contributed by atoms with Crippen molar-refractivity contribution in [2.75, 3.05) is 0 Å². The van der Waals surface area contributed by atoms with Crippen LogP contribution in [0.5, 0.6) is 0 Å². The number of fused-ring (bicyclic) bond motifs is 3. The Morgan fingerprint density at radius 2 is 2.11 bits per heavy atom. The molecule has 2 heterocycles. The number of nitrogens with zero attached hydrogens (tertiary/aromatic N) is 2. The summed E-state index contributed by atoms with van der Waals surface area (Å²) in [6.45, 7) is 0. The fraction of sp³-hybridized carbons (Fsp3) is 0. The van der Waals surface area contributed by atoms with E-state index in [4.69, 9.17) is 0 Å². The molecule has 0 amide bonds. The summed E-state index contributed by atoms with van der Waals surface area (Å²) in [5, 5.41) is 11.8. The number of rotatable bonds is 1. The third-order valence-electron chi connectivity index (χ3n) is 2.80. The van der Waals surface area contributed by atoms with Crippen LogP contribution < -0.4 is 5.43 Å². The van der Waals surface area contributed by atoms with E-state index in [-0.39, 0.29) is 5.39 Å². The summed E-state index contributed by atoms with van der Waals surface area (Å²) in [5.74, 6) is 0. The molecule has 0 aliphatic rings. The van der Waals surface area contributed by atoms with Crippen LogP contribution >= 0.6 is 0 Å². The van der Waals surface area contributed by atoms with E-state index in [9.17, 15) is 14.9 Å². The molecule has 3 rings (SSSR count). The number of aromatic nitrogens is 2. The second-order valence-corrected chi connectivity index (χ2v) is 3.82. The lowest BCUT2D eigenvalue weighted by Crippen LogP contribution is -2.09. The van der Waals surface area contributed by atoms with Crippen LogP contribution in [0.25, 0.3) is 21.8 Å². The third kappa shape index (κ3) is 1.36. The van der Waals surface area contributed by atoms with E-state index in [1.807, 2.05) is 6.07 Å². The maximum absolute atomic E-state index is 11.9. The Morgan fingerprint density at radius 3 is 2.89 bits per heavy atom. The summed E-state index contributed by atoms with van der Waals surface area (Å²) < 4.78 is 0. The van der Waals surface area contributed by atoms with Gasteiger partial charge >= 0.3 is 5.69 Å². The third-order valence-corrected chi connectivity index (χ3v) is 2.80. The quantitative estimate of drug-likeness (QED) is 0.400. The highest BCUT2D eigenvalue weighted by Crippen LogP contribution is 2.20. The van der Waals surface area contributed by atoms with Crippen molar-refractivity contribution >= 4 is 27.5 Å². The second-order valence-electron chi connectivity index (χ2n) is 3.82. The summed E-state index contributed by atoms with van der Waals surface area (Å²) >= 11 is 0. The zero-order valence-electron chi connectivity index (χ0n) is 9.08. The normalized spacial score (nSPS) is 10.9. The molecule has 1 N–H and O–H groups in total. The van der Waals surface area contributed by atoms with Gasteiger partial charge in [-0.2, -0.15) is 0 Å². The number of aromatic amines is 1. The average Bonchev–Trinajstić information content (AvgIpc) is 2.38. The Bertz CT molecular complexity index is 839. The SMILES string of the molecule is O=c1c([N+](=O)[O-])c[nH]c2c1ccc1cccnc12. The van der Waals surface area contributed by atoms with E-state index in [1.165, 1.54) is 0 Å². The summed E-state index contributed by atoms with van der Waals surface area (Å²) in [5.41, 5.74) is 0.0878. The zero-order chi connectivity index (χ0) is 12.7. The van der Waals surface area contributed by atoms with Gasteiger partial charge in [-0.15, -0.1) is 0 Å². The molecular weight excluding hydrogens is 234 g/mol. The van der Waals surface area contributed by atoms with Crippen LogP contribution in [0.2, 0.25) is 0 Å². The van der Waals surface area contributed by atoms with Crippen LogP contribution in [0.15, 0.2) is 41.5 Å². The monoisotopic (exact) mass is 241 g/mol. The van der Waals surface area contributed by atoms with Crippen molar-refractivity contribution in [2.24, 2.45) is 0 Å². The van der Waals surface area contributed by atoms with Gasteiger partial charge in [-0.3, -0.25) is 19.9 Å². The van der Waals surface area contributed by atoms with Crippen LogP contribution in [0, 0.1) is 10.1 Å². The number of benzene rings is 1. The summed E-state index contributed by atoms with van der Waals surface area (Å²) in [7, 11) is 0. The molecule has 0 fully saturated rings. The van der Waals surface area contributed by atoms with Crippen LogP contribution in [0.1, 0.15) is 0 Å². The van der Waals surface area contributed by atoms with Gasteiger partial charge in [-0.05, 0) is 12.1 Å². The molecule has 0 spiro atoms. The van der Waals surface area contributed by atoms with Crippen LogP contribution in [0.3, 0.4) is 0 Å². The van der Waals surface area contributed by atoms with Gasteiger partial charge in [0.15, 0.2) is 0 Å². The fourth-order valence-electron chi connectivity index (χ4n) is 1.96. The average molecular weight is 241 g/mol. The molecule has 0 atom stereocenters. The predicted molar refractivity (Wildman–Crippen MR) is 66.5 cm³/mol. The minimum absolute atomic E-state index is 0.274. The number of nitrogens with one attached hydrogen (secondary N) is 1. The van der Waals surface area contributed by atoms with Gasteiger partial charge in [0.1, 0.15) is 0 Å². The van der Waals surface area contributed by atoms with Crippen molar-refractivity contribution in [1.82, 2.24) is 9.97 Å². The van der Waals surface area contributed by atoms with Crippen LogP contribution in [-0.4, -0.2) is 14.9 Å². The van der Waals surface area contributed by atoms with Crippen LogP contribution in [0.4, 0.5) is 5.69 Å². The number of H-pyrrole nitrogens is 1. The van der Waals surface area contributed by atoms with Crippen molar-refractivity contribution in [3.05, 3.63) is 57.0 Å². The maximum Gasteiger partial charge on any atom is 0.332 e. The Balaban J connectivity index is 2.52. The molecule has 0 aliphatic carbocycles. The van der Waals surface area contributed by atoms with E-state index in [1.54, 1.807) is 24.4 Å². The highest BCUT2D eigenvalue weighted by Gasteiger charge is 2.15. The van der Waals surface area contributed by atoms with Gasteiger partial charge < -0.3 is 4.98 Å². The van der Waals surface area contributed by atoms with E-state index in [0.29, 0.717) is 11.0 Å². The fourth-order valence-corrected chi connectivity index (χ4v) is 1.96. The van der Waals surface area contributed by atoms with Gasteiger partial charge in [0, 0.05) is 11.6 Å². The summed E-state index contributed by atoms with van der Waals surface area (Å²) in [6.07, 6.45) is 2.72. The number of hydrogen-bond acceptors (Lipinski definition) is 4. The van der Waals surface area contributed by atoms with Crippen molar-refractivity contribution < 1.29 is 4.92 Å². The molecule has 0 saturated carbocycles. The topological polar surface area (TPSA) is 88.9 Å². The first-order valence-electron chi connectivity index (χ1n) is 5.22. The standard InChI is InChI=1S/C12H7N3O3/c16-12-8-4-3-7-2-1-5-13-10(7)11(8)14-6-9(12)15(17)18/h1-6H,(H,14,16). The first-order chi connectivity index (χ1) is 8.68. The minimum Gasteiger partial charge on any atom is -0.353 e. The number of nitro groups is 1. The Labute approximate surface area is 100 Å². The predicted octanol–water partition coefficient (Wildman–Crippen LogP) is 1.98. The highest BCUT2D eigenvalue weighted by molar-refractivity contribution is 6.02. The molecule has 3 aromatic rings. The maximum atomic E-state index is 11.9. The molecule has 88 valence electrons. The largest absolute Gasteiger partial charge is 0.353 e. The smallest absolute Gasteiger partial charge is 0.332 e. The molecule has 6 heteroatoms. The van der Waals surface area contributed by atoms with E-state index in [0.717, 1.165) is 11.6 Å².